The third kappa shape index (κ3) is 4.54. The number of hydrogen-bond donors (Lipinski definition) is 1. The maximum absolute atomic E-state index is 13.9. The molecular formula is C21H17F2NO3. The fourth-order valence-electron chi connectivity index (χ4n) is 2.97. The van der Waals surface area contributed by atoms with E-state index in [9.17, 15) is 18.4 Å². The first kappa shape index (κ1) is 18.7. The molecule has 0 atom stereocenters. The lowest BCUT2D eigenvalue weighted by atomic mass is 9.94. The summed E-state index contributed by atoms with van der Waals surface area (Å²) in [6, 6.07) is 12.0. The van der Waals surface area contributed by atoms with Crippen molar-refractivity contribution in [3.63, 3.8) is 0 Å². The van der Waals surface area contributed by atoms with E-state index in [1.54, 1.807) is 29.2 Å². The minimum absolute atomic E-state index is 0.0775. The summed E-state index contributed by atoms with van der Waals surface area (Å²) in [5.74, 6) is -2.34. The molecule has 1 heterocycles. The van der Waals surface area contributed by atoms with Gasteiger partial charge in [-0.2, -0.15) is 0 Å². The molecule has 0 aliphatic carbocycles. The minimum Gasteiger partial charge on any atom is -0.480 e. The van der Waals surface area contributed by atoms with E-state index in [-0.39, 0.29) is 47.7 Å². The van der Waals surface area contributed by atoms with E-state index < -0.39 is 17.6 Å². The molecule has 2 aromatic carbocycles. The summed E-state index contributed by atoms with van der Waals surface area (Å²) in [7, 11) is 0. The van der Waals surface area contributed by atoms with Crippen LogP contribution in [0.25, 0.3) is 12.2 Å². The number of aliphatic carboxylic acids is 1. The molecule has 0 saturated carbocycles. The molecule has 138 valence electrons. The summed E-state index contributed by atoms with van der Waals surface area (Å²) in [5.41, 5.74) is 0.997. The molecule has 0 amide bonds. The summed E-state index contributed by atoms with van der Waals surface area (Å²) in [6.07, 6.45) is 2.84. The zero-order chi connectivity index (χ0) is 19.4. The van der Waals surface area contributed by atoms with Crippen molar-refractivity contribution < 1.29 is 23.5 Å². The lowest BCUT2D eigenvalue weighted by Gasteiger charge is -2.28. The first-order chi connectivity index (χ1) is 12.9. The van der Waals surface area contributed by atoms with Crippen LogP contribution in [0.3, 0.4) is 0 Å². The summed E-state index contributed by atoms with van der Waals surface area (Å²) in [4.78, 5) is 25.5. The zero-order valence-corrected chi connectivity index (χ0v) is 14.4. The van der Waals surface area contributed by atoms with Crippen LogP contribution in [0.15, 0.2) is 59.7 Å². The Labute approximate surface area is 155 Å². The average molecular weight is 369 g/mol. The Kier molecular flexibility index (Phi) is 5.57. The van der Waals surface area contributed by atoms with Gasteiger partial charge >= 0.3 is 5.97 Å². The van der Waals surface area contributed by atoms with E-state index in [4.69, 9.17) is 5.11 Å². The van der Waals surface area contributed by atoms with Crippen molar-refractivity contribution >= 4 is 23.9 Å². The van der Waals surface area contributed by atoms with E-state index in [2.05, 4.69) is 0 Å². The summed E-state index contributed by atoms with van der Waals surface area (Å²) in [5, 5.41) is 9.09. The third-order valence-electron chi connectivity index (χ3n) is 4.20. The zero-order valence-electron chi connectivity index (χ0n) is 14.4. The molecule has 0 bridgehead atoms. The van der Waals surface area contributed by atoms with Crippen LogP contribution in [0.4, 0.5) is 8.78 Å². The fourth-order valence-corrected chi connectivity index (χ4v) is 2.97. The first-order valence-electron chi connectivity index (χ1n) is 8.33. The van der Waals surface area contributed by atoms with Gasteiger partial charge in [-0.3, -0.25) is 14.5 Å². The largest absolute Gasteiger partial charge is 0.480 e. The highest BCUT2D eigenvalue weighted by atomic mass is 19.1. The van der Waals surface area contributed by atoms with Gasteiger partial charge in [-0.25, -0.2) is 8.78 Å². The highest BCUT2D eigenvalue weighted by Crippen LogP contribution is 2.23. The molecule has 1 aliphatic rings. The molecule has 3 rings (SSSR count). The molecule has 2 aromatic rings. The van der Waals surface area contributed by atoms with E-state index in [1.807, 2.05) is 0 Å². The molecule has 0 aromatic heterocycles. The summed E-state index contributed by atoms with van der Waals surface area (Å²) in [6.45, 7) is -0.126. The topological polar surface area (TPSA) is 57.6 Å². The van der Waals surface area contributed by atoms with Gasteiger partial charge in [0.05, 0.1) is 6.54 Å². The normalized spacial score (nSPS) is 18.2. The predicted octanol–water partition coefficient (Wildman–Crippen LogP) is 3.40. The van der Waals surface area contributed by atoms with Crippen molar-refractivity contribution in [3.05, 3.63) is 82.4 Å². The smallest absolute Gasteiger partial charge is 0.317 e. The van der Waals surface area contributed by atoms with Gasteiger partial charge in [0.25, 0.3) is 0 Å². The Morgan fingerprint density at radius 1 is 0.926 bits per heavy atom. The van der Waals surface area contributed by atoms with Crippen molar-refractivity contribution in [1.29, 1.82) is 0 Å². The number of likely N-dealkylation sites (tertiary alicyclic amines) is 1. The molecule has 0 unspecified atom stereocenters. The van der Waals surface area contributed by atoms with E-state index in [1.165, 1.54) is 36.4 Å². The lowest BCUT2D eigenvalue weighted by Crippen LogP contribution is -2.40. The third-order valence-corrected chi connectivity index (χ3v) is 4.20. The number of carbonyl (C=O) groups is 2. The van der Waals surface area contributed by atoms with E-state index >= 15 is 0 Å². The van der Waals surface area contributed by atoms with Crippen LogP contribution < -0.4 is 0 Å². The SMILES string of the molecule is O=C(O)CN1CC(=Cc2ccccc2F)C(=O)C(=Cc2ccccc2F)C1. The predicted molar refractivity (Wildman–Crippen MR) is 97.8 cm³/mol. The van der Waals surface area contributed by atoms with Crippen LogP contribution in [-0.2, 0) is 9.59 Å². The Morgan fingerprint density at radius 2 is 1.37 bits per heavy atom. The molecule has 6 heteroatoms. The monoisotopic (exact) mass is 369 g/mol. The molecule has 0 radical (unpaired) electrons. The Hall–Kier alpha value is -3.12. The van der Waals surface area contributed by atoms with Crippen LogP contribution in [0.5, 0.6) is 0 Å². The number of ketones is 1. The first-order valence-corrected chi connectivity index (χ1v) is 8.33. The standard InChI is InChI=1S/C21H17F2NO3/c22-18-7-3-1-5-14(18)9-16-11-24(13-20(25)26)12-17(21(16)27)10-15-6-2-4-8-19(15)23/h1-10H,11-13H2,(H,25,26). The molecular weight excluding hydrogens is 352 g/mol. The number of hydrogen-bond acceptors (Lipinski definition) is 3. The number of carbonyl (C=O) groups excluding carboxylic acids is 1. The van der Waals surface area contributed by atoms with Gasteiger partial charge < -0.3 is 5.11 Å². The summed E-state index contributed by atoms with van der Waals surface area (Å²) >= 11 is 0. The van der Waals surface area contributed by atoms with Crippen molar-refractivity contribution in [3.8, 4) is 0 Å². The number of Topliss-reactive ketones (excluding diaryl/α,β-unsaturated/α-hetero) is 1. The van der Waals surface area contributed by atoms with Gasteiger partial charge in [0.1, 0.15) is 11.6 Å². The van der Waals surface area contributed by atoms with E-state index in [0.717, 1.165) is 0 Å². The molecule has 1 N–H and O–H groups in total. The Balaban J connectivity index is 2.01. The van der Waals surface area contributed by atoms with Crippen LogP contribution in [-0.4, -0.2) is 41.4 Å². The van der Waals surface area contributed by atoms with Gasteiger partial charge in [-0.1, -0.05) is 36.4 Å². The van der Waals surface area contributed by atoms with Crippen LogP contribution in [0, 0.1) is 11.6 Å². The van der Waals surface area contributed by atoms with E-state index in [0.29, 0.717) is 0 Å². The number of piperidine rings is 1. The van der Waals surface area contributed by atoms with Gasteiger partial charge in [-0.05, 0) is 24.3 Å². The second-order valence-electron chi connectivity index (χ2n) is 6.25. The maximum Gasteiger partial charge on any atom is 0.317 e. The lowest BCUT2D eigenvalue weighted by molar-refractivity contribution is -0.138. The molecule has 27 heavy (non-hydrogen) atoms. The van der Waals surface area contributed by atoms with Crippen LogP contribution in [0.1, 0.15) is 11.1 Å². The molecule has 1 aliphatic heterocycles. The van der Waals surface area contributed by atoms with Crippen molar-refractivity contribution in [2.75, 3.05) is 19.6 Å². The van der Waals surface area contributed by atoms with Crippen molar-refractivity contribution in [2.24, 2.45) is 0 Å². The number of halogens is 2. The highest BCUT2D eigenvalue weighted by Gasteiger charge is 2.27. The number of rotatable bonds is 4. The highest BCUT2D eigenvalue weighted by molar-refractivity contribution is 6.14. The minimum atomic E-state index is -1.04. The second-order valence-corrected chi connectivity index (χ2v) is 6.25. The summed E-state index contributed by atoms with van der Waals surface area (Å²) < 4.78 is 27.9. The average Bonchev–Trinajstić information content (AvgIpc) is 2.62. The Morgan fingerprint density at radius 3 is 1.78 bits per heavy atom. The molecule has 4 nitrogen and oxygen atoms in total. The fraction of sp³-hybridized carbons (Fsp3) is 0.143. The van der Waals surface area contributed by atoms with Crippen molar-refractivity contribution in [1.82, 2.24) is 4.90 Å². The maximum atomic E-state index is 13.9. The number of benzene rings is 2. The Bertz CT molecular complexity index is 882. The number of carboxylic acid groups (broad SMARTS) is 1. The number of nitrogens with zero attached hydrogens (tertiary/aromatic N) is 1. The number of carboxylic acids is 1. The van der Waals surface area contributed by atoms with Crippen LogP contribution in [0.2, 0.25) is 0 Å². The molecule has 0 spiro atoms. The second kappa shape index (κ2) is 8.05. The van der Waals surface area contributed by atoms with Gasteiger partial charge in [-0.15, -0.1) is 0 Å². The molecule has 1 fully saturated rings. The molecule has 1 saturated heterocycles. The van der Waals surface area contributed by atoms with Gasteiger partial charge in [0, 0.05) is 35.4 Å². The van der Waals surface area contributed by atoms with Crippen molar-refractivity contribution in [2.45, 2.75) is 0 Å². The van der Waals surface area contributed by atoms with Gasteiger partial charge in [0.2, 0.25) is 0 Å². The van der Waals surface area contributed by atoms with Gasteiger partial charge in [0.15, 0.2) is 5.78 Å². The quantitative estimate of drug-likeness (QED) is 0.840. The van der Waals surface area contributed by atoms with Crippen LogP contribution >= 0.6 is 0 Å².